The summed E-state index contributed by atoms with van der Waals surface area (Å²) in [7, 11) is 0. The van der Waals surface area contributed by atoms with Crippen LogP contribution in [0.25, 0.3) is 5.57 Å². The highest BCUT2D eigenvalue weighted by atomic mass is 19.1. The molecule has 0 aromatic heterocycles. The van der Waals surface area contributed by atoms with Gasteiger partial charge in [0.15, 0.2) is 0 Å². The lowest BCUT2D eigenvalue weighted by molar-refractivity contribution is -0.128. The first-order valence-electron chi connectivity index (χ1n) is 24.7. The van der Waals surface area contributed by atoms with Crippen molar-refractivity contribution in [2.45, 2.75) is 222 Å². The molecule has 2 rings (SSSR count). The average Bonchev–Trinajstić information content (AvgIpc) is 3.21. The third-order valence-corrected chi connectivity index (χ3v) is 9.27. The van der Waals surface area contributed by atoms with Gasteiger partial charge in [-0.05, 0) is 137 Å². The van der Waals surface area contributed by atoms with Crippen molar-refractivity contribution in [1.82, 2.24) is 5.32 Å². The molecule has 0 unspecified atom stereocenters. The number of nitrogens with one attached hydrogen (secondary N) is 1. The molecule has 0 amide bonds. The summed E-state index contributed by atoms with van der Waals surface area (Å²) in [4.78, 5) is 27.7. The molecular formula is C58H103FN2O2. The van der Waals surface area contributed by atoms with Crippen molar-refractivity contribution in [3.63, 3.8) is 0 Å². The number of nitrogens with zero attached hydrogens (tertiary/aromatic N) is 1. The number of ketones is 2. The number of hydrogen-bond donors (Lipinski definition) is 1. The van der Waals surface area contributed by atoms with Crippen LogP contribution in [0.5, 0.6) is 0 Å². The van der Waals surface area contributed by atoms with E-state index >= 15 is 0 Å². The fourth-order valence-corrected chi connectivity index (χ4v) is 6.61. The number of carbonyl (C=O) groups excluding carboxylic acids is 2. The van der Waals surface area contributed by atoms with Crippen LogP contribution in [0.2, 0.25) is 0 Å². The van der Waals surface area contributed by atoms with Crippen molar-refractivity contribution < 1.29 is 14.0 Å². The van der Waals surface area contributed by atoms with Gasteiger partial charge in [-0.3, -0.25) is 9.79 Å². The van der Waals surface area contributed by atoms with Crippen LogP contribution in [0.4, 0.5) is 4.39 Å². The Labute approximate surface area is 392 Å². The van der Waals surface area contributed by atoms with E-state index < -0.39 is 11.2 Å². The standard InChI is InChI=1S/C36H51FN2O.C7H14.C4H10.C3H6O.2C3H8.C2H6/c1-12-17-33(32(37)16-5)39-29(11)28(10)34(38-22-15-4)24-26(8)30-18-19-31(27(9)23-30)36(20-13-2,21-14-3)35(40)25(6)7;1-3-7-4-6(2)5-7;1-4(2)3;1-3(2)4;2*1-3-2;1-2/h12,16-19,22-25,39H,5,8,13-15,20-21H2,1-4,6-7,9-11H3;6-7H,3-5H2,1-2H3;4H,1-3H3;1-2H3;2*3H2,1-2H3;1-2H3/b17-12-,29-28+,33-32-,34-24+,38-22?;;;;;;. The van der Waals surface area contributed by atoms with Gasteiger partial charge in [-0.2, -0.15) is 0 Å². The van der Waals surface area contributed by atoms with Crippen LogP contribution in [0.3, 0.4) is 0 Å². The summed E-state index contributed by atoms with van der Waals surface area (Å²) in [6.07, 6.45) is 19.8. The normalized spacial score (nSPS) is 15.0. The minimum atomic E-state index is -0.463. The lowest BCUT2D eigenvalue weighted by Gasteiger charge is -2.36. The largest absolute Gasteiger partial charge is 0.356 e. The van der Waals surface area contributed by atoms with E-state index in [-0.39, 0.29) is 11.7 Å². The molecule has 5 heteroatoms. The number of allylic oxidation sites excluding steroid dienone is 8. The fourth-order valence-electron chi connectivity index (χ4n) is 6.61. The Kier molecular flexibility index (Phi) is 46.0. The van der Waals surface area contributed by atoms with Crippen LogP contribution < -0.4 is 5.32 Å². The van der Waals surface area contributed by atoms with Gasteiger partial charge in [-0.25, -0.2) is 4.39 Å². The van der Waals surface area contributed by atoms with Crippen LogP contribution in [0.1, 0.15) is 226 Å². The number of hydrogen-bond acceptors (Lipinski definition) is 4. The van der Waals surface area contributed by atoms with Crippen molar-refractivity contribution in [2.24, 2.45) is 28.7 Å². The fraction of sp³-hybridized carbons (Fsp3) is 0.638. The molecule has 0 aliphatic heterocycles. The maximum absolute atomic E-state index is 14.3. The van der Waals surface area contributed by atoms with Gasteiger partial charge in [0.2, 0.25) is 0 Å². The minimum absolute atomic E-state index is 0.0243. The SMILES string of the molecule is C=C/C(F)=C(\C=C/C)N/C(C)=C(C)/C(=C\C(=C)c1ccc(C(CCC)(CCC)C(=O)C(C)C)c(C)c1)N=CCC.CC.CC(C)=O.CC(C)C.CCC.CCC.CCC1CC(C)C1. The van der Waals surface area contributed by atoms with Crippen molar-refractivity contribution >= 4 is 23.4 Å². The van der Waals surface area contributed by atoms with Gasteiger partial charge < -0.3 is 10.1 Å². The second-order valence-corrected chi connectivity index (χ2v) is 17.7. The van der Waals surface area contributed by atoms with E-state index in [0.717, 1.165) is 89.1 Å². The number of Topliss-reactive ketones (excluding diaryl/α,β-unsaturated/α-hetero) is 2. The molecule has 0 radical (unpaired) electrons. The highest BCUT2D eigenvalue weighted by Crippen LogP contribution is 2.40. The smallest absolute Gasteiger partial charge is 0.146 e. The number of benzene rings is 1. The maximum atomic E-state index is 14.3. The minimum Gasteiger partial charge on any atom is -0.356 e. The first kappa shape index (κ1) is 68.5. The second-order valence-electron chi connectivity index (χ2n) is 17.7. The lowest BCUT2D eigenvalue weighted by Crippen LogP contribution is -2.39. The Hall–Kier alpha value is -3.60. The van der Waals surface area contributed by atoms with Crippen molar-refractivity contribution in [3.05, 3.63) is 101 Å². The molecule has 0 bridgehead atoms. The van der Waals surface area contributed by atoms with Gasteiger partial charge in [0.1, 0.15) is 17.4 Å². The highest BCUT2D eigenvalue weighted by molar-refractivity contribution is 5.92. The number of aliphatic imine (C=N–C) groups is 1. The molecule has 63 heavy (non-hydrogen) atoms. The average molecular weight is 879 g/mol. The van der Waals surface area contributed by atoms with Crippen molar-refractivity contribution in [3.8, 4) is 0 Å². The predicted molar refractivity (Wildman–Crippen MR) is 285 cm³/mol. The molecule has 0 heterocycles. The quantitative estimate of drug-likeness (QED) is 0.125. The van der Waals surface area contributed by atoms with Gasteiger partial charge in [-0.15, -0.1) is 0 Å². The van der Waals surface area contributed by atoms with Crippen LogP contribution in [-0.2, 0) is 15.0 Å². The molecule has 0 saturated heterocycles. The summed E-state index contributed by atoms with van der Waals surface area (Å²) >= 11 is 0. The van der Waals surface area contributed by atoms with E-state index in [2.05, 4.69) is 120 Å². The van der Waals surface area contributed by atoms with E-state index in [1.165, 1.54) is 52.0 Å². The molecule has 1 aliphatic carbocycles. The Balaban J connectivity index is -0.000000396. The van der Waals surface area contributed by atoms with Crippen LogP contribution in [0.15, 0.2) is 89.1 Å². The second kappa shape index (κ2) is 42.4. The van der Waals surface area contributed by atoms with E-state index in [4.69, 9.17) is 4.99 Å². The summed E-state index contributed by atoms with van der Waals surface area (Å²) in [5.74, 6) is 3.01. The molecule has 1 saturated carbocycles. The van der Waals surface area contributed by atoms with Gasteiger partial charge in [0.05, 0.1) is 16.8 Å². The summed E-state index contributed by atoms with van der Waals surface area (Å²) in [6, 6.07) is 6.35. The van der Waals surface area contributed by atoms with Crippen LogP contribution in [0, 0.1) is 30.6 Å². The third kappa shape index (κ3) is 31.8. The monoisotopic (exact) mass is 879 g/mol. The topological polar surface area (TPSA) is 58.5 Å². The molecule has 1 aromatic carbocycles. The predicted octanol–water partition coefficient (Wildman–Crippen LogP) is 18.8. The van der Waals surface area contributed by atoms with Gasteiger partial charge in [-0.1, -0.05) is 180 Å². The number of aryl methyl sites for hydroxylation is 1. The van der Waals surface area contributed by atoms with Crippen molar-refractivity contribution in [1.29, 1.82) is 0 Å². The Morgan fingerprint density at radius 2 is 1.37 bits per heavy atom. The molecule has 1 N–H and O–H groups in total. The molecule has 364 valence electrons. The molecule has 1 fully saturated rings. The number of carbonyl (C=O) groups is 2. The highest BCUT2D eigenvalue weighted by Gasteiger charge is 2.40. The number of halogens is 1. The Morgan fingerprint density at radius 3 is 1.68 bits per heavy atom. The molecule has 1 aromatic rings. The van der Waals surface area contributed by atoms with Crippen LogP contribution >= 0.6 is 0 Å². The molecule has 0 spiro atoms. The summed E-state index contributed by atoms with van der Waals surface area (Å²) < 4.78 is 14.3. The Bertz CT molecular complexity index is 1510. The van der Waals surface area contributed by atoms with Gasteiger partial charge >= 0.3 is 0 Å². The van der Waals surface area contributed by atoms with E-state index in [1.54, 1.807) is 12.2 Å². The molecular weight excluding hydrogens is 776 g/mol. The van der Waals surface area contributed by atoms with Crippen molar-refractivity contribution in [2.75, 3.05) is 0 Å². The summed E-state index contributed by atoms with van der Waals surface area (Å²) in [6.45, 7) is 52.7. The van der Waals surface area contributed by atoms with Gasteiger partial charge in [0, 0.05) is 17.8 Å². The first-order chi connectivity index (χ1) is 29.5. The Morgan fingerprint density at radius 1 is 0.905 bits per heavy atom. The molecule has 1 aliphatic rings. The first-order valence-corrected chi connectivity index (χ1v) is 24.7. The number of rotatable bonds is 17. The zero-order valence-electron chi connectivity index (χ0n) is 45.6. The third-order valence-electron chi connectivity index (χ3n) is 9.27. The van der Waals surface area contributed by atoms with E-state index in [0.29, 0.717) is 11.5 Å². The molecule has 4 nitrogen and oxygen atoms in total. The van der Waals surface area contributed by atoms with Gasteiger partial charge in [0.25, 0.3) is 0 Å². The maximum Gasteiger partial charge on any atom is 0.146 e. The zero-order valence-corrected chi connectivity index (χ0v) is 45.6. The molecule has 0 atom stereocenters. The summed E-state index contributed by atoms with van der Waals surface area (Å²) in [5, 5.41) is 3.16. The van der Waals surface area contributed by atoms with E-state index in [9.17, 15) is 14.0 Å². The summed E-state index contributed by atoms with van der Waals surface area (Å²) in [5.41, 5.74) is 6.32. The zero-order chi connectivity index (χ0) is 50.3. The lowest BCUT2D eigenvalue weighted by atomic mass is 9.66. The van der Waals surface area contributed by atoms with Crippen LogP contribution in [-0.4, -0.2) is 17.8 Å². The van der Waals surface area contributed by atoms with E-state index in [1.807, 2.05) is 67.7 Å².